The summed E-state index contributed by atoms with van der Waals surface area (Å²) in [7, 11) is 0. The molecule has 4 N–H and O–H groups in total. The Bertz CT molecular complexity index is 1040. The van der Waals surface area contributed by atoms with E-state index in [4.69, 9.17) is 5.11 Å². The predicted molar refractivity (Wildman–Crippen MR) is 197 cm³/mol. The van der Waals surface area contributed by atoms with Crippen molar-refractivity contribution in [3.05, 3.63) is 41.0 Å². The van der Waals surface area contributed by atoms with Crippen LogP contribution in [0.25, 0.3) is 10.4 Å². The maximum absolute atomic E-state index is 11.1. The van der Waals surface area contributed by atoms with E-state index in [9.17, 15) is 19.2 Å². The number of nitrogens with one attached hydrogen (secondary N) is 3. The van der Waals surface area contributed by atoms with E-state index in [1.54, 1.807) is 16.2 Å². The second kappa shape index (κ2) is 32.6. The van der Waals surface area contributed by atoms with E-state index < -0.39 is 6.10 Å². The van der Waals surface area contributed by atoms with E-state index in [1.807, 2.05) is 66.1 Å². The molecule has 1 aromatic carbocycles. The number of hydrogen-bond acceptors (Lipinski definition) is 7. The van der Waals surface area contributed by atoms with Crippen LogP contribution in [-0.4, -0.2) is 71.9 Å². The fraction of sp³-hybridized carbons (Fsp3) is 0.639. The molecule has 11 heteroatoms. The molecule has 0 spiro atoms. The Balaban J connectivity index is -0.000000572. The third kappa shape index (κ3) is 25.5. The number of unbranched alkanes of at least 4 members (excludes halogenated alkanes) is 2. The summed E-state index contributed by atoms with van der Waals surface area (Å²) in [6, 6.07) is 8.26. The van der Waals surface area contributed by atoms with Crippen molar-refractivity contribution in [2.24, 2.45) is 5.92 Å². The monoisotopic (exact) mass is 679 g/mol. The first kappa shape index (κ1) is 48.1. The minimum atomic E-state index is -0.398. The second-order valence-electron chi connectivity index (χ2n) is 10.8. The summed E-state index contributed by atoms with van der Waals surface area (Å²) < 4.78 is 0. The average Bonchev–Trinajstić information content (AvgIpc) is 3.72. The molecular formula is C36H65N5O5S. The molecule has 270 valence electrons. The highest BCUT2D eigenvalue weighted by Gasteiger charge is 2.23. The Morgan fingerprint density at radius 1 is 1.02 bits per heavy atom. The van der Waals surface area contributed by atoms with Gasteiger partial charge in [-0.25, -0.2) is 4.98 Å². The van der Waals surface area contributed by atoms with Gasteiger partial charge in [0.05, 0.1) is 34.8 Å². The Hall–Kier alpha value is -3.31. The van der Waals surface area contributed by atoms with Gasteiger partial charge in [-0.15, -0.1) is 11.3 Å². The Kier molecular flexibility index (Phi) is 33.4. The standard InChI is InChI=1S/C13H14N2OS.C8H17NO.C7H12N2O3.C4H10.2C2H6/c1-9(14-7-16)11-3-5-12(6-4-11)13-10(2)15-8-17-13;1-3-5-6-7-9-8(10)4-2;10-5-8-3-7(12)9-2-1-6(11)4-9;1-4(2)3;2*1-2/h3-9H,1-2H3,(H,14,16);3-7H2,1-2H3,(H,9,10);5-6,11H,1-4H2,(H,8,10);4H,1-3H3;2*1-2H3. The van der Waals surface area contributed by atoms with Crippen LogP contribution >= 0.6 is 11.3 Å². The van der Waals surface area contributed by atoms with Gasteiger partial charge in [-0.05, 0) is 43.7 Å². The highest BCUT2D eigenvalue weighted by atomic mass is 32.1. The first-order chi connectivity index (χ1) is 22.5. The number of likely N-dealkylation sites (tertiary alicyclic amines) is 1. The van der Waals surface area contributed by atoms with Gasteiger partial charge in [0.15, 0.2) is 0 Å². The molecule has 0 radical (unpaired) electrons. The van der Waals surface area contributed by atoms with Crippen LogP contribution in [0, 0.1) is 12.8 Å². The van der Waals surface area contributed by atoms with Gasteiger partial charge in [0.25, 0.3) is 0 Å². The van der Waals surface area contributed by atoms with Gasteiger partial charge in [0, 0.05) is 26.1 Å². The summed E-state index contributed by atoms with van der Waals surface area (Å²) >= 11 is 1.64. The van der Waals surface area contributed by atoms with Crippen LogP contribution in [-0.2, 0) is 19.2 Å². The topological polar surface area (TPSA) is 141 Å². The lowest BCUT2D eigenvalue weighted by Crippen LogP contribution is -2.36. The molecule has 1 aliphatic rings. The molecule has 3 rings (SSSR count). The molecule has 2 heterocycles. The summed E-state index contributed by atoms with van der Waals surface area (Å²) in [5.74, 6) is 0.856. The highest BCUT2D eigenvalue weighted by Crippen LogP contribution is 2.28. The number of aliphatic hydroxyl groups is 1. The SMILES string of the molecule is CC.CC.CC(C)C.CCCCCNC(=O)CC.Cc1ncsc1-c1ccc(C(C)NC=O)cc1.O=CNCC(=O)N1CCC(O)C1. The largest absolute Gasteiger partial charge is 0.391 e. The Labute approximate surface area is 289 Å². The number of thiazole rings is 1. The summed E-state index contributed by atoms with van der Waals surface area (Å²) in [6.45, 7) is 24.3. The predicted octanol–water partition coefficient (Wildman–Crippen LogP) is 6.67. The van der Waals surface area contributed by atoms with E-state index >= 15 is 0 Å². The molecule has 1 fully saturated rings. The van der Waals surface area contributed by atoms with Crippen LogP contribution in [0.5, 0.6) is 0 Å². The molecule has 4 amide bonds. The number of aromatic nitrogens is 1. The lowest BCUT2D eigenvalue weighted by Gasteiger charge is -2.14. The molecule has 2 unspecified atom stereocenters. The zero-order chi connectivity index (χ0) is 36.6. The minimum Gasteiger partial charge on any atom is -0.391 e. The number of carbonyl (C=O) groups is 4. The fourth-order valence-electron chi connectivity index (χ4n) is 3.64. The van der Waals surface area contributed by atoms with Gasteiger partial charge in [0.1, 0.15) is 0 Å². The van der Waals surface area contributed by atoms with Crippen molar-refractivity contribution in [2.45, 2.75) is 120 Å². The van der Waals surface area contributed by atoms with Crippen LogP contribution in [0.3, 0.4) is 0 Å². The summed E-state index contributed by atoms with van der Waals surface area (Å²) in [4.78, 5) is 49.0. The molecule has 10 nitrogen and oxygen atoms in total. The van der Waals surface area contributed by atoms with Crippen LogP contribution in [0.15, 0.2) is 29.8 Å². The lowest BCUT2D eigenvalue weighted by atomic mass is 10.1. The van der Waals surface area contributed by atoms with E-state index in [0.717, 1.165) is 36.6 Å². The minimum absolute atomic E-state index is 0.0240. The molecule has 0 saturated carbocycles. The quantitative estimate of drug-likeness (QED) is 0.146. The number of benzene rings is 1. The van der Waals surface area contributed by atoms with Crippen LogP contribution in [0.1, 0.15) is 119 Å². The molecule has 1 aromatic heterocycles. The number of hydrogen-bond donors (Lipinski definition) is 4. The van der Waals surface area contributed by atoms with Crippen molar-refractivity contribution < 1.29 is 24.3 Å². The summed E-state index contributed by atoms with van der Waals surface area (Å²) in [5.41, 5.74) is 5.19. The average molecular weight is 680 g/mol. The van der Waals surface area contributed by atoms with Crippen molar-refractivity contribution in [2.75, 3.05) is 26.2 Å². The third-order valence-electron chi connectivity index (χ3n) is 6.01. The van der Waals surface area contributed by atoms with Gasteiger partial charge < -0.3 is 26.0 Å². The number of nitrogens with zero attached hydrogens (tertiary/aromatic N) is 2. The molecule has 47 heavy (non-hydrogen) atoms. The number of β-amino-alcohol motifs (C(OH)–C–C–N with tert-alkyl or cyclic N) is 1. The van der Waals surface area contributed by atoms with E-state index in [-0.39, 0.29) is 24.4 Å². The number of carbonyl (C=O) groups excluding carboxylic acids is 4. The van der Waals surface area contributed by atoms with E-state index in [1.165, 1.54) is 23.3 Å². The van der Waals surface area contributed by atoms with Crippen LogP contribution in [0.2, 0.25) is 0 Å². The normalized spacial score (nSPS) is 13.1. The smallest absolute Gasteiger partial charge is 0.242 e. The molecule has 0 aliphatic carbocycles. The maximum Gasteiger partial charge on any atom is 0.242 e. The molecule has 1 saturated heterocycles. The van der Waals surface area contributed by atoms with Gasteiger partial charge >= 0.3 is 0 Å². The molecule has 2 atom stereocenters. The summed E-state index contributed by atoms with van der Waals surface area (Å²) in [5, 5.41) is 16.9. The van der Waals surface area contributed by atoms with Gasteiger partial charge in [0.2, 0.25) is 24.6 Å². The Morgan fingerprint density at radius 3 is 2.04 bits per heavy atom. The Morgan fingerprint density at radius 2 is 1.62 bits per heavy atom. The third-order valence-corrected chi connectivity index (χ3v) is 6.99. The lowest BCUT2D eigenvalue weighted by molar-refractivity contribution is -0.130. The van der Waals surface area contributed by atoms with Crippen molar-refractivity contribution in [3.63, 3.8) is 0 Å². The number of rotatable bonds is 12. The van der Waals surface area contributed by atoms with E-state index in [0.29, 0.717) is 32.3 Å². The summed E-state index contributed by atoms with van der Waals surface area (Å²) in [6.07, 6.45) is 5.59. The maximum atomic E-state index is 11.1. The number of aliphatic hydroxyl groups excluding tert-OH is 1. The molecule has 0 bridgehead atoms. The second-order valence-corrected chi connectivity index (χ2v) is 11.7. The van der Waals surface area contributed by atoms with Crippen LogP contribution in [0.4, 0.5) is 0 Å². The van der Waals surface area contributed by atoms with Gasteiger partial charge in [-0.1, -0.05) is 99.4 Å². The zero-order valence-corrected chi connectivity index (χ0v) is 31.8. The first-order valence-electron chi connectivity index (χ1n) is 17.1. The zero-order valence-electron chi connectivity index (χ0n) is 31.0. The van der Waals surface area contributed by atoms with Crippen molar-refractivity contribution in [3.8, 4) is 10.4 Å². The highest BCUT2D eigenvalue weighted by molar-refractivity contribution is 7.13. The number of amides is 4. The van der Waals surface area contributed by atoms with Crippen molar-refractivity contribution in [1.82, 2.24) is 25.8 Å². The van der Waals surface area contributed by atoms with Crippen molar-refractivity contribution >= 4 is 36.0 Å². The molecule has 1 aliphatic heterocycles. The first-order valence-corrected chi connectivity index (χ1v) is 18.0. The van der Waals surface area contributed by atoms with Crippen molar-refractivity contribution in [1.29, 1.82) is 0 Å². The van der Waals surface area contributed by atoms with Gasteiger partial charge in [-0.2, -0.15) is 0 Å². The van der Waals surface area contributed by atoms with Crippen LogP contribution < -0.4 is 16.0 Å². The van der Waals surface area contributed by atoms with E-state index in [2.05, 4.69) is 60.8 Å². The van der Waals surface area contributed by atoms with Gasteiger partial charge in [-0.3, -0.25) is 19.2 Å². The fourth-order valence-corrected chi connectivity index (χ4v) is 4.45. The molecule has 2 aromatic rings. The molecular weight excluding hydrogens is 614 g/mol. The number of aryl methyl sites for hydroxylation is 1.